The molecule has 0 aliphatic heterocycles. The molecule has 0 N–H and O–H groups in total. The predicted octanol–water partition coefficient (Wildman–Crippen LogP) is 2.97. The molecule has 0 radical (unpaired) electrons. The maximum Gasteiger partial charge on any atom is 0.387 e. The van der Waals surface area contributed by atoms with Crippen LogP contribution in [0.3, 0.4) is 0 Å². The zero-order chi connectivity index (χ0) is 14.4. The molecule has 0 spiro atoms. The molecule has 1 aromatic carbocycles. The first-order valence-electron chi connectivity index (χ1n) is 5.36. The van der Waals surface area contributed by atoms with Crippen molar-refractivity contribution in [2.75, 3.05) is 6.61 Å². The second-order valence-corrected chi connectivity index (χ2v) is 4.26. The van der Waals surface area contributed by atoms with E-state index in [-0.39, 0.29) is 28.8 Å². The number of halogens is 3. The molecule has 0 aliphatic rings. The van der Waals surface area contributed by atoms with Gasteiger partial charge in [0.2, 0.25) is 0 Å². The third-order valence-electron chi connectivity index (χ3n) is 2.13. The number of esters is 1. The van der Waals surface area contributed by atoms with Crippen molar-refractivity contribution in [2.24, 2.45) is 0 Å². The fourth-order valence-corrected chi connectivity index (χ4v) is 1.89. The zero-order valence-corrected chi connectivity index (χ0v) is 11.6. The summed E-state index contributed by atoms with van der Waals surface area (Å²) in [5, 5.41) is 0. The van der Waals surface area contributed by atoms with Crippen molar-refractivity contribution in [3.63, 3.8) is 0 Å². The van der Waals surface area contributed by atoms with Crippen LogP contribution in [0.2, 0.25) is 0 Å². The summed E-state index contributed by atoms with van der Waals surface area (Å²) in [5.74, 6) is -0.715. The minimum absolute atomic E-state index is 0.137. The van der Waals surface area contributed by atoms with E-state index in [1.54, 1.807) is 6.92 Å². The number of hydrogen-bond donors (Lipinski definition) is 0. The van der Waals surface area contributed by atoms with Crippen LogP contribution in [0.25, 0.3) is 0 Å². The summed E-state index contributed by atoms with van der Waals surface area (Å²) in [6, 6.07) is 2.57. The van der Waals surface area contributed by atoms with E-state index in [4.69, 9.17) is 4.74 Å². The molecule has 0 aromatic heterocycles. The number of alkyl halides is 2. The molecule has 0 unspecified atom stereocenters. The standard InChI is InChI=1S/C12H11BrF2O4/c1-2-18-10(17)5-8-3-7(6-16)4-9(11(8)13)19-12(14)15/h3-4,6,12H,2,5H2,1H3. The van der Waals surface area contributed by atoms with Gasteiger partial charge >= 0.3 is 12.6 Å². The number of carbonyl (C=O) groups is 2. The maximum atomic E-state index is 12.2. The van der Waals surface area contributed by atoms with E-state index in [2.05, 4.69) is 20.7 Å². The summed E-state index contributed by atoms with van der Waals surface area (Å²) in [5.41, 5.74) is 0.483. The number of carbonyl (C=O) groups excluding carboxylic acids is 2. The Morgan fingerprint density at radius 1 is 1.47 bits per heavy atom. The molecule has 0 heterocycles. The first-order chi connectivity index (χ1) is 8.97. The second-order valence-electron chi connectivity index (χ2n) is 3.47. The third-order valence-corrected chi connectivity index (χ3v) is 3.03. The molecule has 0 fully saturated rings. The lowest BCUT2D eigenvalue weighted by Crippen LogP contribution is -2.10. The van der Waals surface area contributed by atoms with Gasteiger partial charge in [-0.05, 0) is 40.5 Å². The van der Waals surface area contributed by atoms with Crippen LogP contribution in [0.15, 0.2) is 16.6 Å². The van der Waals surface area contributed by atoms with Crippen LogP contribution in [0.5, 0.6) is 5.75 Å². The van der Waals surface area contributed by atoms with E-state index in [1.807, 2.05) is 0 Å². The average Bonchev–Trinajstić information content (AvgIpc) is 2.33. The van der Waals surface area contributed by atoms with Crippen molar-refractivity contribution in [3.8, 4) is 5.75 Å². The molecule has 0 atom stereocenters. The lowest BCUT2D eigenvalue weighted by molar-refractivity contribution is -0.142. The van der Waals surface area contributed by atoms with E-state index < -0.39 is 12.6 Å². The second kappa shape index (κ2) is 7.18. The van der Waals surface area contributed by atoms with Crippen LogP contribution in [-0.2, 0) is 16.0 Å². The van der Waals surface area contributed by atoms with Crippen molar-refractivity contribution < 1.29 is 27.8 Å². The quantitative estimate of drug-likeness (QED) is 0.592. The summed E-state index contributed by atoms with van der Waals surface area (Å²) in [6.07, 6.45) is 0.342. The van der Waals surface area contributed by atoms with Gasteiger partial charge in [0.1, 0.15) is 12.0 Å². The fourth-order valence-electron chi connectivity index (χ4n) is 1.43. The number of ether oxygens (including phenoxy) is 2. The molecule has 0 amide bonds. The van der Waals surface area contributed by atoms with Gasteiger partial charge in [-0.3, -0.25) is 9.59 Å². The average molecular weight is 337 g/mol. The molecule has 104 valence electrons. The number of aldehydes is 1. The van der Waals surface area contributed by atoms with Crippen LogP contribution in [-0.4, -0.2) is 25.5 Å². The molecule has 0 saturated heterocycles. The van der Waals surface area contributed by atoms with Gasteiger partial charge < -0.3 is 9.47 Å². The topological polar surface area (TPSA) is 52.6 Å². The summed E-state index contributed by atoms with van der Waals surface area (Å²) < 4.78 is 33.7. The van der Waals surface area contributed by atoms with Crippen molar-refractivity contribution in [1.29, 1.82) is 0 Å². The van der Waals surface area contributed by atoms with Crippen LogP contribution in [0.4, 0.5) is 8.78 Å². The highest BCUT2D eigenvalue weighted by Crippen LogP contribution is 2.31. The molecule has 4 nitrogen and oxygen atoms in total. The van der Waals surface area contributed by atoms with Gasteiger partial charge in [0.25, 0.3) is 0 Å². The van der Waals surface area contributed by atoms with Crippen LogP contribution < -0.4 is 4.74 Å². The van der Waals surface area contributed by atoms with E-state index in [9.17, 15) is 18.4 Å². The molecular weight excluding hydrogens is 326 g/mol. The van der Waals surface area contributed by atoms with Crippen molar-refractivity contribution >= 4 is 28.2 Å². The van der Waals surface area contributed by atoms with Crippen molar-refractivity contribution in [3.05, 3.63) is 27.7 Å². The van der Waals surface area contributed by atoms with Crippen LogP contribution in [0, 0.1) is 0 Å². The minimum Gasteiger partial charge on any atom is -0.466 e. The molecule has 19 heavy (non-hydrogen) atoms. The zero-order valence-electron chi connectivity index (χ0n) is 9.99. The Kier molecular flexibility index (Phi) is 5.88. The number of benzene rings is 1. The van der Waals surface area contributed by atoms with E-state index in [1.165, 1.54) is 6.07 Å². The summed E-state index contributed by atoms with van der Waals surface area (Å²) >= 11 is 3.07. The van der Waals surface area contributed by atoms with Gasteiger partial charge in [-0.25, -0.2) is 0 Å². The highest BCUT2D eigenvalue weighted by molar-refractivity contribution is 9.10. The fraction of sp³-hybridized carbons (Fsp3) is 0.333. The smallest absolute Gasteiger partial charge is 0.387 e. The van der Waals surface area contributed by atoms with Crippen LogP contribution in [0.1, 0.15) is 22.8 Å². The number of hydrogen-bond acceptors (Lipinski definition) is 4. The Hall–Kier alpha value is -1.50. The minimum atomic E-state index is -3.02. The summed E-state index contributed by atoms with van der Waals surface area (Å²) in [7, 11) is 0. The van der Waals surface area contributed by atoms with Crippen LogP contribution >= 0.6 is 15.9 Å². The Morgan fingerprint density at radius 2 is 2.16 bits per heavy atom. The predicted molar refractivity (Wildman–Crippen MR) is 66.5 cm³/mol. The van der Waals surface area contributed by atoms with Crippen molar-refractivity contribution in [1.82, 2.24) is 0 Å². The van der Waals surface area contributed by atoms with Gasteiger partial charge in [0.15, 0.2) is 0 Å². The molecule has 0 saturated carbocycles. The third kappa shape index (κ3) is 4.59. The number of rotatable bonds is 6. The molecule has 1 rings (SSSR count). The lowest BCUT2D eigenvalue weighted by atomic mass is 10.1. The Bertz CT molecular complexity index is 477. The maximum absolute atomic E-state index is 12.2. The largest absolute Gasteiger partial charge is 0.466 e. The monoisotopic (exact) mass is 336 g/mol. The molecular formula is C12H11BrF2O4. The highest BCUT2D eigenvalue weighted by Gasteiger charge is 2.16. The highest BCUT2D eigenvalue weighted by atomic mass is 79.9. The van der Waals surface area contributed by atoms with E-state index >= 15 is 0 Å². The van der Waals surface area contributed by atoms with Crippen molar-refractivity contribution in [2.45, 2.75) is 20.0 Å². The van der Waals surface area contributed by atoms with E-state index in [0.29, 0.717) is 11.8 Å². The molecule has 1 aromatic rings. The molecule has 0 aliphatic carbocycles. The van der Waals surface area contributed by atoms with E-state index in [0.717, 1.165) is 6.07 Å². The van der Waals surface area contributed by atoms with Gasteiger partial charge in [-0.15, -0.1) is 0 Å². The van der Waals surface area contributed by atoms with Gasteiger partial charge in [0, 0.05) is 5.56 Å². The molecule has 0 bridgehead atoms. The lowest BCUT2D eigenvalue weighted by Gasteiger charge is -2.11. The normalized spacial score (nSPS) is 10.4. The van der Waals surface area contributed by atoms with Gasteiger partial charge in [-0.1, -0.05) is 0 Å². The Morgan fingerprint density at radius 3 is 2.68 bits per heavy atom. The first-order valence-corrected chi connectivity index (χ1v) is 6.15. The van der Waals surface area contributed by atoms with Gasteiger partial charge in [0.05, 0.1) is 17.5 Å². The van der Waals surface area contributed by atoms with Gasteiger partial charge in [-0.2, -0.15) is 8.78 Å². The Labute approximate surface area is 116 Å². The SMILES string of the molecule is CCOC(=O)Cc1cc(C=O)cc(OC(F)F)c1Br. The first kappa shape index (κ1) is 15.6. The summed E-state index contributed by atoms with van der Waals surface area (Å²) in [6.45, 7) is -1.15. The molecule has 7 heteroatoms. The summed E-state index contributed by atoms with van der Waals surface area (Å²) in [4.78, 5) is 22.1. The Balaban J connectivity index is 3.08.